The first-order chi connectivity index (χ1) is 8.77. The van der Waals surface area contributed by atoms with Crippen LogP contribution in [-0.2, 0) is 0 Å². The van der Waals surface area contributed by atoms with Gasteiger partial charge in [-0.3, -0.25) is 0 Å². The average Bonchev–Trinajstić information content (AvgIpc) is 2.64. The van der Waals surface area contributed by atoms with Crippen molar-refractivity contribution in [3.63, 3.8) is 0 Å². The standard InChI is InChI=1S/C14H21FN2O/c1-16-12-7-5-3-4-6-10(12)11-8-9-17-14(18-2)13(11)15/h8-10,12,16H,3-7H2,1-2H3. The molecule has 1 saturated carbocycles. The van der Waals surface area contributed by atoms with E-state index in [0.717, 1.165) is 24.8 Å². The van der Waals surface area contributed by atoms with Gasteiger partial charge in [0.1, 0.15) is 0 Å². The second-order valence-electron chi connectivity index (χ2n) is 4.86. The van der Waals surface area contributed by atoms with Crippen molar-refractivity contribution in [2.45, 2.75) is 44.1 Å². The van der Waals surface area contributed by atoms with Gasteiger partial charge in [0.2, 0.25) is 5.88 Å². The van der Waals surface area contributed by atoms with Gasteiger partial charge in [-0.1, -0.05) is 19.3 Å². The molecule has 0 radical (unpaired) electrons. The molecule has 1 heterocycles. The van der Waals surface area contributed by atoms with Crippen LogP contribution in [0.25, 0.3) is 0 Å². The predicted molar refractivity (Wildman–Crippen MR) is 69.4 cm³/mol. The number of hydrogen-bond acceptors (Lipinski definition) is 3. The molecular formula is C14H21FN2O. The highest BCUT2D eigenvalue weighted by Gasteiger charge is 2.27. The maximum Gasteiger partial charge on any atom is 0.250 e. The Labute approximate surface area is 108 Å². The van der Waals surface area contributed by atoms with Gasteiger partial charge in [0, 0.05) is 18.2 Å². The molecule has 1 aliphatic rings. The Kier molecular flexibility index (Phi) is 4.53. The summed E-state index contributed by atoms with van der Waals surface area (Å²) in [6, 6.07) is 2.13. The first-order valence-electron chi connectivity index (χ1n) is 6.63. The Balaban J connectivity index is 2.32. The lowest BCUT2D eigenvalue weighted by Gasteiger charge is -2.25. The number of nitrogens with one attached hydrogen (secondary N) is 1. The molecule has 1 aromatic heterocycles. The number of pyridine rings is 1. The molecule has 0 bridgehead atoms. The molecule has 1 aromatic rings. The summed E-state index contributed by atoms with van der Waals surface area (Å²) in [6.07, 6.45) is 7.37. The fourth-order valence-electron chi connectivity index (χ4n) is 2.89. The maximum atomic E-state index is 14.3. The van der Waals surface area contributed by atoms with E-state index in [1.54, 1.807) is 12.3 Å². The fraction of sp³-hybridized carbons (Fsp3) is 0.643. The number of ether oxygens (including phenoxy) is 1. The molecule has 4 heteroatoms. The first-order valence-corrected chi connectivity index (χ1v) is 6.63. The van der Waals surface area contributed by atoms with E-state index in [4.69, 9.17) is 4.74 Å². The largest absolute Gasteiger partial charge is 0.479 e. The van der Waals surface area contributed by atoms with Gasteiger partial charge >= 0.3 is 0 Å². The van der Waals surface area contributed by atoms with E-state index in [2.05, 4.69) is 10.3 Å². The summed E-state index contributed by atoms with van der Waals surface area (Å²) >= 11 is 0. The van der Waals surface area contributed by atoms with Crippen molar-refractivity contribution in [1.82, 2.24) is 10.3 Å². The Hall–Kier alpha value is -1.16. The number of halogens is 1. The minimum Gasteiger partial charge on any atom is -0.479 e. The van der Waals surface area contributed by atoms with E-state index >= 15 is 0 Å². The lowest BCUT2D eigenvalue weighted by Crippen LogP contribution is -2.31. The summed E-state index contributed by atoms with van der Waals surface area (Å²) < 4.78 is 19.3. The molecule has 2 atom stereocenters. The summed E-state index contributed by atoms with van der Waals surface area (Å²) in [5, 5.41) is 3.33. The highest BCUT2D eigenvalue weighted by atomic mass is 19.1. The summed E-state index contributed by atoms with van der Waals surface area (Å²) in [7, 11) is 3.41. The highest BCUT2D eigenvalue weighted by Crippen LogP contribution is 2.34. The Bertz CT molecular complexity index is 397. The van der Waals surface area contributed by atoms with Crippen LogP contribution in [0.4, 0.5) is 4.39 Å². The molecule has 2 rings (SSSR count). The van der Waals surface area contributed by atoms with E-state index in [-0.39, 0.29) is 17.6 Å². The van der Waals surface area contributed by atoms with Gasteiger partial charge in [-0.2, -0.15) is 0 Å². The van der Waals surface area contributed by atoms with Gasteiger partial charge in [0.15, 0.2) is 5.82 Å². The zero-order chi connectivity index (χ0) is 13.0. The zero-order valence-corrected chi connectivity index (χ0v) is 11.1. The lowest BCUT2D eigenvalue weighted by molar-refractivity contribution is 0.358. The van der Waals surface area contributed by atoms with Crippen molar-refractivity contribution >= 4 is 0 Å². The van der Waals surface area contributed by atoms with E-state index in [9.17, 15) is 4.39 Å². The Morgan fingerprint density at radius 2 is 2.11 bits per heavy atom. The molecule has 0 amide bonds. The fourth-order valence-corrected chi connectivity index (χ4v) is 2.89. The van der Waals surface area contributed by atoms with Crippen LogP contribution in [0.5, 0.6) is 5.88 Å². The van der Waals surface area contributed by atoms with Crippen LogP contribution >= 0.6 is 0 Å². The summed E-state index contributed by atoms with van der Waals surface area (Å²) in [5.74, 6) is 0.0214. The molecule has 18 heavy (non-hydrogen) atoms. The maximum absolute atomic E-state index is 14.3. The third-order valence-electron chi connectivity index (χ3n) is 3.87. The van der Waals surface area contributed by atoms with Gasteiger partial charge in [-0.05, 0) is 31.5 Å². The quantitative estimate of drug-likeness (QED) is 0.840. The van der Waals surface area contributed by atoms with Crippen molar-refractivity contribution in [3.8, 4) is 5.88 Å². The summed E-state index contributed by atoms with van der Waals surface area (Å²) in [5.41, 5.74) is 0.739. The SMILES string of the molecule is CNC1CCCCCC1c1ccnc(OC)c1F. The van der Waals surface area contributed by atoms with Gasteiger partial charge in [0.05, 0.1) is 7.11 Å². The molecule has 0 saturated heterocycles. The van der Waals surface area contributed by atoms with E-state index < -0.39 is 0 Å². The van der Waals surface area contributed by atoms with Gasteiger partial charge in [0.25, 0.3) is 0 Å². The van der Waals surface area contributed by atoms with E-state index in [1.807, 2.05) is 7.05 Å². The molecule has 1 N–H and O–H groups in total. The number of likely N-dealkylation sites (N-methyl/N-ethyl adjacent to an activating group) is 1. The van der Waals surface area contributed by atoms with Crippen molar-refractivity contribution in [1.29, 1.82) is 0 Å². The molecule has 1 fully saturated rings. The van der Waals surface area contributed by atoms with E-state index in [1.165, 1.54) is 20.0 Å². The smallest absolute Gasteiger partial charge is 0.250 e. The van der Waals surface area contributed by atoms with Gasteiger partial charge in [-0.15, -0.1) is 0 Å². The third-order valence-corrected chi connectivity index (χ3v) is 3.87. The molecule has 100 valence electrons. The van der Waals surface area contributed by atoms with Crippen molar-refractivity contribution in [3.05, 3.63) is 23.6 Å². The van der Waals surface area contributed by atoms with Crippen LogP contribution in [0.2, 0.25) is 0 Å². The average molecular weight is 252 g/mol. The molecule has 0 aromatic carbocycles. The van der Waals surface area contributed by atoms with Crippen LogP contribution in [0.3, 0.4) is 0 Å². The van der Waals surface area contributed by atoms with Crippen LogP contribution in [-0.4, -0.2) is 25.2 Å². The zero-order valence-electron chi connectivity index (χ0n) is 11.1. The molecule has 0 aliphatic heterocycles. The summed E-state index contributed by atoms with van der Waals surface area (Å²) in [6.45, 7) is 0. The lowest BCUT2D eigenvalue weighted by atomic mass is 9.88. The molecule has 2 unspecified atom stereocenters. The second kappa shape index (κ2) is 6.14. The topological polar surface area (TPSA) is 34.2 Å². The molecule has 3 nitrogen and oxygen atoms in total. The third kappa shape index (κ3) is 2.64. The van der Waals surface area contributed by atoms with Crippen LogP contribution in [0, 0.1) is 5.82 Å². The van der Waals surface area contributed by atoms with Crippen LogP contribution < -0.4 is 10.1 Å². The van der Waals surface area contributed by atoms with E-state index in [0.29, 0.717) is 6.04 Å². The van der Waals surface area contributed by atoms with Gasteiger partial charge in [-0.25, -0.2) is 9.37 Å². The monoisotopic (exact) mass is 252 g/mol. The predicted octanol–water partition coefficient (Wildman–Crippen LogP) is 2.87. The minimum atomic E-state index is -0.299. The molecule has 1 aliphatic carbocycles. The number of nitrogens with zero attached hydrogens (tertiary/aromatic N) is 1. The van der Waals surface area contributed by atoms with Crippen molar-refractivity contribution in [2.24, 2.45) is 0 Å². The normalized spacial score (nSPS) is 24.6. The van der Waals surface area contributed by atoms with Crippen LogP contribution in [0.1, 0.15) is 43.6 Å². The Morgan fingerprint density at radius 1 is 1.33 bits per heavy atom. The summed E-state index contributed by atoms with van der Waals surface area (Å²) in [4.78, 5) is 3.91. The van der Waals surface area contributed by atoms with Crippen LogP contribution in [0.15, 0.2) is 12.3 Å². The number of rotatable bonds is 3. The molecular weight excluding hydrogens is 231 g/mol. The second-order valence-corrected chi connectivity index (χ2v) is 4.86. The van der Waals surface area contributed by atoms with Crippen molar-refractivity contribution < 1.29 is 9.13 Å². The number of hydrogen-bond donors (Lipinski definition) is 1. The van der Waals surface area contributed by atoms with Crippen molar-refractivity contribution in [2.75, 3.05) is 14.2 Å². The Morgan fingerprint density at radius 3 is 2.83 bits per heavy atom. The number of aromatic nitrogens is 1. The highest BCUT2D eigenvalue weighted by molar-refractivity contribution is 5.28. The minimum absolute atomic E-state index is 0.103. The first kappa shape index (κ1) is 13.3. The van der Waals surface area contributed by atoms with Gasteiger partial charge < -0.3 is 10.1 Å². The molecule has 0 spiro atoms. The number of methoxy groups -OCH3 is 1.